The Kier molecular flexibility index (Phi) is 2.61. The first kappa shape index (κ1) is 11.7. The summed E-state index contributed by atoms with van der Waals surface area (Å²) in [6, 6.07) is 3.65. The molecule has 2 fully saturated rings. The lowest BCUT2D eigenvalue weighted by atomic mass is 9.90. The third-order valence-electron chi connectivity index (χ3n) is 4.10. The molecule has 1 unspecified atom stereocenters. The fourth-order valence-corrected chi connectivity index (χ4v) is 5.66. The normalized spacial score (nSPS) is 28.4. The Morgan fingerprint density at radius 2 is 2.18 bits per heavy atom. The van der Waals surface area contributed by atoms with Crippen molar-refractivity contribution < 1.29 is 8.42 Å². The molecular formula is C12H17NO2S2. The standard InChI is InChI=1S/C12H17NO2S2/c1-10-9-12(4-5-12)6-7-13(10)17(14,15)11-3-2-8-16-11/h2-3,8,10H,4-7,9H2,1H3. The number of nitrogens with zero attached hydrogens (tertiary/aromatic N) is 1. The van der Waals surface area contributed by atoms with Crippen LogP contribution < -0.4 is 0 Å². The molecule has 1 saturated carbocycles. The predicted molar refractivity (Wildman–Crippen MR) is 68.6 cm³/mol. The predicted octanol–water partition coefficient (Wildman–Crippen LogP) is 2.70. The van der Waals surface area contributed by atoms with E-state index in [0.29, 0.717) is 16.2 Å². The van der Waals surface area contributed by atoms with Crippen LogP contribution in [0.25, 0.3) is 0 Å². The maximum atomic E-state index is 12.4. The summed E-state index contributed by atoms with van der Waals surface area (Å²) < 4.78 is 27.0. The fraction of sp³-hybridized carbons (Fsp3) is 0.667. The molecule has 1 aliphatic carbocycles. The van der Waals surface area contributed by atoms with E-state index in [1.54, 1.807) is 16.4 Å². The van der Waals surface area contributed by atoms with Gasteiger partial charge in [0.1, 0.15) is 4.21 Å². The number of sulfonamides is 1. The molecule has 0 amide bonds. The minimum Gasteiger partial charge on any atom is -0.206 e. The zero-order valence-electron chi connectivity index (χ0n) is 9.93. The van der Waals surface area contributed by atoms with Gasteiger partial charge < -0.3 is 0 Å². The van der Waals surface area contributed by atoms with E-state index < -0.39 is 10.0 Å². The average molecular weight is 271 g/mol. The van der Waals surface area contributed by atoms with Gasteiger partial charge in [-0.15, -0.1) is 11.3 Å². The van der Waals surface area contributed by atoms with Crippen LogP contribution in [0.2, 0.25) is 0 Å². The van der Waals surface area contributed by atoms with Crippen molar-refractivity contribution in [3.05, 3.63) is 17.5 Å². The molecule has 1 atom stereocenters. The van der Waals surface area contributed by atoms with Crippen molar-refractivity contribution in [2.75, 3.05) is 6.54 Å². The van der Waals surface area contributed by atoms with Gasteiger partial charge in [0.2, 0.25) is 0 Å². The molecule has 17 heavy (non-hydrogen) atoms. The monoisotopic (exact) mass is 271 g/mol. The highest BCUT2D eigenvalue weighted by Gasteiger charge is 2.49. The molecule has 0 bridgehead atoms. The quantitative estimate of drug-likeness (QED) is 0.829. The van der Waals surface area contributed by atoms with E-state index in [1.807, 2.05) is 12.3 Å². The number of hydrogen-bond donors (Lipinski definition) is 0. The molecule has 0 aromatic carbocycles. The summed E-state index contributed by atoms with van der Waals surface area (Å²) in [5.74, 6) is 0. The molecule has 1 saturated heterocycles. The summed E-state index contributed by atoms with van der Waals surface area (Å²) >= 11 is 1.31. The van der Waals surface area contributed by atoms with E-state index in [2.05, 4.69) is 0 Å². The summed E-state index contributed by atoms with van der Waals surface area (Å²) in [5, 5.41) is 1.82. The maximum absolute atomic E-state index is 12.4. The molecular weight excluding hydrogens is 254 g/mol. The van der Waals surface area contributed by atoms with Gasteiger partial charge in [-0.1, -0.05) is 6.07 Å². The van der Waals surface area contributed by atoms with Gasteiger partial charge >= 0.3 is 0 Å². The minimum atomic E-state index is -3.24. The van der Waals surface area contributed by atoms with Gasteiger partial charge in [-0.3, -0.25) is 0 Å². The van der Waals surface area contributed by atoms with Crippen LogP contribution in [-0.4, -0.2) is 25.3 Å². The van der Waals surface area contributed by atoms with Gasteiger partial charge in [0, 0.05) is 12.6 Å². The SMILES string of the molecule is CC1CC2(CCN1S(=O)(=O)c1cccs1)CC2. The highest BCUT2D eigenvalue weighted by Crippen LogP contribution is 2.55. The van der Waals surface area contributed by atoms with E-state index in [1.165, 1.54) is 24.2 Å². The Bertz CT molecular complexity index is 503. The van der Waals surface area contributed by atoms with Gasteiger partial charge in [0.05, 0.1) is 0 Å². The smallest absolute Gasteiger partial charge is 0.206 e. The van der Waals surface area contributed by atoms with E-state index in [4.69, 9.17) is 0 Å². The third-order valence-corrected chi connectivity index (χ3v) is 7.48. The number of thiophene rings is 1. The molecule has 0 N–H and O–H groups in total. The van der Waals surface area contributed by atoms with Gasteiger partial charge in [-0.05, 0) is 49.5 Å². The van der Waals surface area contributed by atoms with Crippen LogP contribution in [0.1, 0.15) is 32.6 Å². The molecule has 3 nitrogen and oxygen atoms in total. The first-order chi connectivity index (χ1) is 8.04. The molecule has 1 aromatic heterocycles. The van der Waals surface area contributed by atoms with E-state index in [0.717, 1.165) is 12.8 Å². The van der Waals surface area contributed by atoms with Crippen LogP contribution >= 0.6 is 11.3 Å². The lowest BCUT2D eigenvalue weighted by Gasteiger charge is -2.36. The zero-order valence-corrected chi connectivity index (χ0v) is 11.6. The van der Waals surface area contributed by atoms with Crippen LogP contribution in [0, 0.1) is 5.41 Å². The number of rotatable bonds is 2. The van der Waals surface area contributed by atoms with Crippen LogP contribution in [-0.2, 0) is 10.0 Å². The van der Waals surface area contributed by atoms with Crippen molar-refractivity contribution >= 4 is 21.4 Å². The van der Waals surface area contributed by atoms with Crippen LogP contribution in [0.4, 0.5) is 0 Å². The Hall–Kier alpha value is -0.390. The van der Waals surface area contributed by atoms with Gasteiger partial charge in [0.25, 0.3) is 10.0 Å². The number of piperidine rings is 1. The third kappa shape index (κ3) is 1.94. The highest BCUT2D eigenvalue weighted by molar-refractivity contribution is 7.91. The Morgan fingerprint density at radius 3 is 2.71 bits per heavy atom. The van der Waals surface area contributed by atoms with Crippen molar-refractivity contribution in [3.8, 4) is 0 Å². The van der Waals surface area contributed by atoms with E-state index in [-0.39, 0.29) is 6.04 Å². The molecule has 1 aromatic rings. The van der Waals surface area contributed by atoms with Crippen LogP contribution in [0.15, 0.2) is 21.7 Å². The number of hydrogen-bond acceptors (Lipinski definition) is 3. The van der Waals surface area contributed by atoms with Crippen LogP contribution in [0.3, 0.4) is 0 Å². The second-order valence-electron chi connectivity index (χ2n) is 5.35. The molecule has 2 aliphatic rings. The Labute approximate surface area is 107 Å². The van der Waals surface area contributed by atoms with Crippen molar-refractivity contribution in [2.24, 2.45) is 5.41 Å². The topological polar surface area (TPSA) is 37.4 Å². The summed E-state index contributed by atoms with van der Waals surface area (Å²) in [5.41, 5.74) is 0.501. The largest absolute Gasteiger partial charge is 0.252 e. The molecule has 94 valence electrons. The summed E-state index contributed by atoms with van der Waals surface area (Å²) in [6.45, 7) is 2.74. The first-order valence-electron chi connectivity index (χ1n) is 6.09. The summed E-state index contributed by atoms with van der Waals surface area (Å²) in [6.07, 6.45) is 4.67. The van der Waals surface area contributed by atoms with Crippen molar-refractivity contribution in [1.29, 1.82) is 0 Å². The first-order valence-corrected chi connectivity index (χ1v) is 8.41. The highest BCUT2D eigenvalue weighted by atomic mass is 32.2. The lowest BCUT2D eigenvalue weighted by Crippen LogP contribution is -2.44. The van der Waals surface area contributed by atoms with Crippen LogP contribution in [0.5, 0.6) is 0 Å². The van der Waals surface area contributed by atoms with Crippen molar-refractivity contribution in [1.82, 2.24) is 4.31 Å². The van der Waals surface area contributed by atoms with Crippen molar-refractivity contribution in [2.45, 2.75) is 42.9 Å². The lowest BCUT2D eigenvalue weighted by molar-refractivity contribution is 0.195. The second kappa shape index (κ2) is 3.80. The van der Waals surface area contributed by atoms with Gasteiger partial charge in [0.15, 0.2) is 0 Å². The molecule has 0 radical (unpaired) electrons. The molecule has 3 rings (SSSR count). The Morgan fingerprint density at radius 1 is 1.41 bits per heavy atom. The zero-order chi connectivity index (χ0) is 12.1. The van der Waals surface area contributed by atoms with Gasteiger partial charge in [-0.2, -0.15) is 4.31 Å². The molecule has 1 aliphatic heterocycles. The molecule has 1 spiro atoms. The van der Waals surface area contributed by atoms with Crippen molar-refractivity contribution in [3.63, 3.8) is 0 Å². The van der Waals surface area contributed by atoms with E-state index in [9.17, 15) is 8.42 Å². The molecule has 2 heterocycles. The summed E-state index contributed by atoms with van der Waals surface area (Å²) in [4.78, 5) is 0. The van der Waals surface area contributed by atoms with Gasteiger partial charge in [-0.25, -0.2) is 8.42 Å². The van der Waals surface area contributed by atoms with E-state index >= 15 is 0 Å². The fourth-order valence-electron chi connectivity index (χ4n) is 2.91. The summed E-state index contributed by atoms with van der Waals surface area (Å²) in [7, 11) is -3.24. The maximum Gasteiger partial charge on any atom is 0.252 e. The molecule has 5 heteroatoms. The average Bonchev–Trinajstić information content (AvgIpc) is 2.83. The minimum absolute atomic E-state index is 0.151. The second-order valence-corrected chi connectivity index (χ2v) is 8.42. The Balaban J connectivity index is 1.85.